The molecule has 1 atom stereocenters. The van der Waals surface area contributed by atoms with Crippen LogP contribution in [0.1, 0.15) is 99.1 Å². The Kier molecular flexibility index (Phi) is 8.44. The van der Waals surface area contributed by atoms with Crippen molar-refractivity contribution in [1.82, 2.24) is 15.0 Å². The van der Waals surface area contributed by atoms with Gasteiger partial charge in [0.05, 0.1) is 17.0 Å². The van der Waals surface area contributed by atoms with Crippen molar-refractivity contribution in [2.45, 2.75) is 85.0 Å². The van der Waals surface area contributed by atoms with Crippen LogP contribution >= 0.6 is 0 Å². The Morgan fingerprint density at radius 3 is 2.27 bits per heavy atom. The number of carboxylic acids is 1. The van der Waals surface area contributed by atoms with E-state index in [0.717, 1.165) is 11.3 Å². The molecule has 3 heterocycles. The molecule has 0 saturated carbocycles. The highest BCUT2D eigenvalue weighted by molar-refractivity contribution is 6.01. The molecule has 4 aromatic rings. The van der Waals surface area contributed by atoms with Gasteiger partial charge in [0.2, 0.25) is 0 Å². The molecule has 0 radical (unpaired) electrons. The minimum absolute atomic E-state index is 0.142. The highest BCUT2D eigenvalue weighted by atomic mass is 19.1. The summed E-state index contributed by atoms with van der Waals surface area (Å²) < 4.78 is 26.0. The molecule has 2 aromatic carbocycles. The zero-order valence-corrected chi connectivity index (χ0v) is 27.1. The molecule has 8 nitrogen and oxygen atoms in total. The number of carbonyl (C=O) groups is 2. The highest BCUT2D eigenvalue weighted by Crippen LogP contribution is 2.46. The predicted octanol–water partition coefficient (Wildman–Crippen LogP) is 7.85. The molecular weight excluding hydrogens is 573 g/mol. The van der Waals surface area contributed by atoms with Crippen LogP contribution in [0.4, 0.5) is 4.39 Å². The van der Waals surface area contributed by atoms with Gasteiger partial charge in [-0.2, -0.15) is 0 Å². The summed E-state index contributed by atoms with van der Waals surface area (Å²) in [5.74, 6) is -1.58. The Balaban J connectivity index is 1.77. The summed E-state index contributed by atoms with van der Waals surface area (Å²) in [6.07, 6.45) is -1.36. The SMILES string of the molecule is Cc1onc(-c2ccccc2)c1C(=O)N1Cc2c(nc(C(C)C)c(C(OC(C)(C)C)C(=O)O)c2-c2ccc(F)cc2)C(C)(C)C1. The Morgan fingerprint density at radius 1 is 1.04 bits per heavy atom. The van der Waals surface area contributed by atoms with Gasteiger partial charge in [-0.15, -0.1) is 0 Å². The fourth-order valence-corrected chi connectivity index (χ4v) is 6.13. The maximum absolute atomic E-state index is 14.4. The number of ether oxygens (including phenoxy) is 1. The molecule has 1 aliphatic rings. The second-order valence-electron chi connectivity index (χ2n) is 13.6. The first kappa shape index (κ1) is 32.0. The standard InChI is InChI=1S/C36H40FN3O5/c1-20(2)29-28(31(34(42)43)44-35(4,5)6)27(22-14-16-24(37)17-15-22)25-18-40(19-36(7,8)32(25)38-29)33(41)26-21(3)45-39-30(26)23-12-10-9-11-13-23/h9-17,20,31H,18-19H2,1-8H3,(H,42,43). The summed E-state index contributed by atoms with van der Waals surface area (Å²) in [6, 6.07) is 15.4. The number of fused-ring (bicyclic) bond motifs is 1. The van der Waals surface area contributed by atoms with Gasteiger partial charge >= 0.3 is 5.97 Å². The number of aryl methyl sites for hydroxylation is 1. The highest BCUT2D eigenvalue weighted by Gasteiger charge is 2.42. The lowest BCUT2D eigenvalue weighted by atomic mass is 9.76. The summed E-state index contributed by atoms with van der Waals surface area (Å²) in [7, 11) is 0. The summed E-state index contributed by atoms with van der Waals surface area (Å²) in [5.41, 5.74) is 3.85. The molecule has 1 N–H and O–H groups in total. The molecule has 0 saturated heterocycles. The fourth-order valence-electron chi connectivity index (χ4n) is 6.13. The van der Waals surface area contributed by atoms with E-state index in [1.165, 1.54) is 12.1 Å². The van der Waals surface area contributed by atoms with Crippen molar-refractivity contribution in [2.24, 2.45) is 0 Å². The van der Waals surface area contributed by atoms with E-state index in [1.807, 2.05) is 58.0 Å². The molecule has 1 aliphatic heterocycles. The van der Waals surface area contributed by atoms with E-state index in [0.29, 0.717) is 51.5 Å². The number of hydrogen-bond donors (Lipinski definition) is 1. The van der Waals surface area contributed by atoms with E-state index in [4.69, 9.17) is 14.2 Å². The lowest BCUT2D eigenvalue weighted by Gasteiger charge is -2.41. The zero-order chi connectivity index (χ0) is 32.8. The summed E-state index contributed by atoms with van der Waals surface area (Å²) in [6.45, 7) is 15.6. The number of rotatable bonds is 7. The van der Waals surface area contributed by atoms with Crippen molar-refractivity contribution < 1.29 is 28.3 Å². The third kappa shape index (κ3) is 6.27. The van der Waals surface area contributed by atoms with Crippen LogP contribution in [0.3, 0.4) is 0 Å². The molecule has 0 aliphatic carbocycles. The minimum Gasteiger partial charge on any atom is -0.479 e. The average Bonchev–Trinajstić information content (AvgIpc) is 3.35. The lowest BCUT2D eigenvalue weighted by Crippen LogP contribution is -2.46. The van der Waals surface area contributed by atoms with Gasteiger partial charge in [-0.1, -0.05) is 75.3 Å². The molecule has 2 aromatic heterocycles. The van der Waals surface area contributed by atoms with Gasteiger partial charge in [0.15, 0.2) is 6.10 Å². The van der Waals surface area contributed by atoms with Crippen molar-refractivity contribution in [3.63, 3.8) is 0 Å². The molecule has 236 valence electrons. The van der Waals surface area contributed by atoms with Gasteiger partial charge in [0.25, 0.3) is 5.91 Å². The largest absolute Gasteiger partial charge is 0.479 e. The van der Waals surface area contributed by atoms with Crippen LogP contribution in [0, 0.1) is 12.7 Å². The third-order valence-corrected chi connectivity index (χ3v) is 7.99. The number of amides is 1. The Morgan fingerprint density at radius 2 is 1.69 bits per heavy atom. The van der Waals surface area contributed by atoms with Crippen molar-refractivity contribution >= 4 is 11.9 Å². The summed E-state index contributed by atoms with van der Waals surface area (Å²) in [4.78, 5) is 34.2. The van der Waals surface area contributed by atoms with Gasteiger partial charge in [0, 0.05) is 35.2 Å². The van der Waals surface area contributed by atoms with Crippen LogP contribution in [0.15, 0.2) is 59.1 Å². The van der Waals surface area contributed by atoms with Gasteiger partial charge in [-0.25, -0.2) is 9.18 Å². The summed E-state index contributed by atoms with van der Waals surface area (Å²) in [5, 5.41) is 14.8. The average molecular weight is 614 g/mol. The molecule has 45 heavy (non-hydrogen) atoms. The van der Waals surface area contributed by atoms with Crippen LogP contribution in [0.5, 0.6) is 0 Å². The number of carboxylic acid groups (broad SMARTS) is 1. The fraction of sp³-hybridized carbons (Fsp3) is 0.389. The number of aromatic nitrogens is 2. The van der Waals surface area contributed by atoms with E-state index >= 15 is 0 Å². The van der Waals surface area contributed by atoms with Gasteiger partial charge < -0.3 is 19.3 Å². The number of hydrogen-bond acceptors (Lipinski definition) is 6. The number of carbonyl (C=O) groups excluding carboxylic acids is 1. The van der Waals surface area contributed by atoms with E-state index < -0.39 is 28.9 Å². The first-order valence-electron chi connectivity index (χ1n) is 15.1. The first-order valence-corrected chi connectivity index (χ1v) is 15.1. The first-order chi connectivity index (χ1) is 21.1. The van der Waals surface area contributed by atoms with Crippen LogP contribution in [-0.4, -0.2) is 44.2 Å². The Bertz CT molecular complexity index is 1740. The zero-order valence-electron chi connectivity index (χ0n) is 27.1. The number of halogens is 1. The molecule has 0 fully saturated rings. The predicted molar refractivity (Wildman–Crippen MR) is 169 cm³/mol. The summed E-state index contributed by atoms with van der Waals surface area (Å²) >= 11 is 0. The monoisotopic (exact) mass is 613 g/mol. The van der Waals surface area contributed by atoms with Crippen LogP contribution in [0.25, 0.3) is 22.4 Å². The molecule has 1 amide bonds. The second kappa shape index (κ2) is 11.9. The lowest BCUT2D eigenvalue weighted by molar-refractivity contribution is -0.160. The molecule has 9 heteroatoms. The molecule has 0 spiro atoms. The number of pyridine rings is 1. The van der Waals surface area contributed by atoms with Crippen LogP contribution in [0.2, 0.25) is 0 Å². The molecule has 0 bridgehead atoms. The normalized spacial score (nSPS) is 15.2. The van der Waals surface area contributed by atoms with E-state index in [9.17, 15) is 19.1 Å². The van der Waals surface area contributed by atoms with Crippen LogP contribution < -0.4 is 0 Å². The van der Waals surface area contributed by atoms with Gasteiger partial charge in [-0.3, -0.25) is 9.78 Å². The number of benzene rings is 2. The van der Waals surface area contributed by atoms with E-state index in [1.54, 1.807) is 44.7 Å². The quantitative estimate of drug-likeness (QED) is 0.226. The second-order valence-corrected chi connectivity index (χ2v) is 13.6. The van der Waals surface area contributed by atoms with Gasteiger partial charge in [0.1, 0.15) is 22.8 Å². The molecule has 1 unspecified atom stereocenters. The maximum Gasteiger partial charge on any atom is 0.337 e. The van der Waals surface area contributed by atoms with Crippen molar-refractivity contribution in [3.05, 3.63) is 94.3 Å². The number of aliphatic carboxylic acids is 1. The van der Waals surface area contributed by atoms with E-state index in [2.05, 4.69) is 5.16 Å². The third-order valence-electron chi connectivity index (χ3n) is 7.99. The Hall–Kier alpha value is -4.37. The Labute approximate surface area is 263 Å². The smallest absolute Gasteiger partial charge is 0.337 e. The minimum atomic E-state index is -1.36. The van der Waals surface area contributed by atoms with Crippen molar-refractivity contribution in [3.8, 4) is 22.4 Å². The van der Waals surface area contributed by atoms with E-state index in [-0.39, 0.29) is 18.4 Å². The maximum atomic E-state index is 14.4. The molecular formula is C36H40FN3O5. The van der Waals surface area contributed by atoms with Crippen molar-refractivity contribution in [1.29, 1.82) is 0 Å². The molecule has 5 rings (SSSR count). The number of nitrogens with zero attached hydrogens (tertiary/aromatic N) is 3. The van der Waals surface area contributed by atoms with Crippen LogP contribution in [-0.2, 0) is 21.5 Å². The topological polar surface area (TPSA) is 106 Å². The van der Waals surface area contributed by atoms with Gasteiger partial charge in [-0.05, 0) is 56.9 Å². The van der Waals surface area contributed by atoms with Crippen molar-refractivity contribution in [2.75, 3.05) is 6.54 Å².